The lowest BCUT2D eigenvalue weighted by molar-refractivity contribution is 0.0929. The van der Waals surface area contributed by atoms with Crippen LogP contribution in [0, 0.1) is 0 Å². The maximum absolute atomic E-state index is 12.1. The first kappa shape index (κ1) is 15.7. The van der Waals surface area contributed by atoms with Crippen LogP contribution in [-0.4, -0.2) is 53.0 Å². The van der Waals surface area contributed by atoms with E-state index in [1.165, 1.54) is 6.20 Å². The van der Waals surface area contributed by atoms with Crippen molar-refractivity contribution in [1.29, 1.82) is 0 Å². The van der Waals surface area contributed by atoms with E-state index in [9.17, 15) is 9.59 Å². The number of piperazine rings is 1. The van der Waals surface area contributed by atoms with Crippen molar-refractivity contribution in [3.05, 3.63) is 54.5 Å². The van der Waals surface area contributed by atoms with E-state index < -0.39 is 5.91 Å². The summed E-state index contributed by atoms with van der Waals surface area (Å²) in [5, 5.41) is 0. The molecule has 1 saturated heterocycles. The number of hydrogen-bond acceptors (Lipinski definition) is 5. The summed E-state index contributed by atoms with van der Waals surface area (Å²) in [7, 11) is 0. The molecule has 0 saturated carbocycles. The van der Waals surface area contributed by atoms with Crippen LogP contribution in [0.25, 0.3) is 0 Å². The van der Waals surface area contributed by atoms with Crippen LogP contribution in [0.2, 0.25) is 0 Å². The van der Waals surface area contributed by atoms with E-state index in [1.54, 1.807) is 29.4 Å². The number of carbonyl (C=O) groups excluding carboxylic acids is 2. The average molecular weight is 326 g/mol. The maximum Gasteiger partial charge on any atom is 0.336 e. The Balaban J connectivity index is 1.46. The summed E-state index contributed by atoms with van der Waals surface area (Å²) in [5.41, 5.74) is 5.21. The standard InChI is InChI=1S/C16H18N6O2/c23-15(13-4-3-6-17-12-13)19-20-16(24)22-10-8-21(9-11-22)14-5-1-2-7-18-14/h1-7,12H,8-11H2,(H,19,23)(H,20,24). The van der Waals surface area contributed by atoms with Crippen LogP contribution in [0.4, 0.5) is 10.6 Å². The molecule has 3 rings (SSSR count). The fraction of sp³-hybridized carbons (Fsp3) is 0.250. The smallest absolute Gasteiger partial charge is 0.336 e. The van der Waals surface area contributed by atoms with E-state index >= 15 is 0 Å². The Morgan fingerprint density at radius 1 is 0.958 bits per heavy atom. The van der Waals surface area contributed by atoms with E-state index in [2.05, 4.69) is 25.7 Å². The Morgan fingerprint density at radius 2 is 1.79 bits per heavy atom. The van der Waals surface area contributed by atoms with Gasteiger partial charge in [-0.2, -0.15) is 0 Å². The van der Waals surface area contributed by atoms with Gasteiger partial charge in [-0.05, 0) is 24.3 Å². The lowest BCUT2D eigenvalue weighted by Gasteiger charge is -2.35. The molecule has 1 aliphatic rings. The highest BCUT2D eigenvalue weighted by atomic mass is 16.2. The quantitative estimate of drug-likeness (QED) is 0.791. The van der Waals surface area contributed by atoms with Crippen molar-refractivity contribution >= 4 is 17.8 Å². The summed E-state index contributed by atoms with van der Waals surface area (Å²) in [4.78, 5) is 35.9. The summed E-state index contributed by atoms with van der Waals surface area (Å²) in [6.07, 6.45) is 4.77. The summed E-state index contributed by atoms with van der Waals surface area (Å²) in [6, 6.07) is 8.72. The molecule has 3 amide bonds. The van der Waals surface area contributed by atoms with Crippen LogP contribution < -0.4 is 15.8 Å². The minimum absolute atomic E-state index is 0.326. The molecule has 2 aromatic rings. The van der Waals surface area contributed by atoms with Crippen molar-refractivity contribution in [3.8, 4) is 0 Å². The van der Waals surface area contributed by atoms with Crippen molar-refractivity contribution in [2.75, 3.05) is 31.1 Å². The highest BCUT2D eigenvalue weighted by molar-refractivity contribution is 5.94. The average Bonchev–Trinajstić information content (AvgIpc) is 2.67. The molecule has 3 heterocycles. The molecule has 0 atom stereocenters. The third-order valence-electron chi connectivity index (χ3n) is 3.75. The molecule has 8 heteroatoms. The third kappa shape index (κ3) is 3.78. The molecule has 0 spiro atoms. The van der Waals surface area contributed by atoms with E-state index in [0.717, 1.165) is 5.82 Å². The zero-order chi connectivity index (χ0) is 16.8. The summed E-state index contributed by atoms with van der Waals surface area (Å²) >= 11 is 0. The fourth-order valence-corrected chi connectivity index (χ4v) is 2.44. The molecule has 1 fully saturated rings. The van der Waals surface area contributed by atoms with Crippen LogP contribution in [-0.2, 0) is 0 Å². The zero-order valence-electron chi connectivity index (χ0n) is 13.1. The number of nitrogens with zero attached hydrogens (tertiary/aromatic N) is 4. The molecular formula is C16H18N6O2. The lowest BCUT2D eigenvalue weighted by Crippen LogP contribution is -2.55. The predicted molar refractivity (Wildman–Crippen MR) is 88.3 cm³/mol. The number of urea groups is 1. The van der Waals surface area contributed by atoms with Gasteiger partial charge < -0.3 is 9.80 Å². The number of aromatic nitrogens is 2. The van der Waals surface area contributed by atoms with Gasteiger partial charge in [0.1, 0.15) is 5.82 Å². The van der Waals surface area contributed by atoms with Gasteiger partial charge in [-0.25, -0.2) is 15.2 Å². The van der Waals surface area contributed by atoms with Gasteiger partial charge in [-0.3, -0.25) is 15.2 Å². The topological polar surface area (TPSA) is 90.5 Å². The minimum atomic E-state index is -0.399. The fourth-order valence-electron chi connectivity index (χ4n) is 2.44. The second-order valence-corrected chi connectivity index (χ2v) is 5.29. The number of hydrazine groups is 1. The first-order chi connectivity index (χ1) is 11.7. The number of rotatable bonds is 2. The van der Waals surface area contributed by atoms with Crippen molar-refractivity contribution in [1.82, 2.24) is 25.7 Å². The SMILES string of the molecule is O=C(NNC(=O)N1CCN(c2ccccn2)CC1)c1cccnc1. The monoisotopic (exact) mass is 326 g/mol. The van der Waals surface area contributed by atoms with Crippen molar-refractivity contribution < 1.29 is 9.59 Å². The number of amides is 3. The van der Waals surface area contributed by atoms with E-state index in [-0.39, 0.29) is 6.03 Å². The van der Waals surface area contributed by atoms with Gasteiger partial charge >= 0.3 is 6.03 Å². The van der Waals surface area contributed by atoms with E-state index in [4.69, 9.17) is 0 Å². The van der Waals surface area contributed by atoms with Crippen molar-refractivity contribution in [3.63, 3.8) is 0 Å². The maximum atomic E-state index is 12.1. The number of hydrogen-bond donors (Lipinski definition) is 2. The Labute approximate surface area is 139 Å². The Kier molecular flexibility index (Phi) is 4.85. The minimum Gasteiger partial charge on any atom is -0.353 e. The van der Waals surface area contributed by atoms with E-state index in [1.807, 2.05) is 18.2 Å². The summed E-state index contributed by atoms with van der Waals surface area (Å²) in [5.74, 6) is 0.506. The highest BCUT2D eigenvalue weighted by Crippen LogP contribution is 2.12. The van der Waals surface area contributed by atoms with Gasteiger partial charge in [0.2, 0.25) is 0 Å². The summed E-state index contributed by atoms with van der Waals surface area (Å²) < 4.78 is 0. The molecule has 0 unspecified atom stereocenters. The molecule has 8 nitrogen and oxygen atoms in total. The van der Waals surface area contributed by atoms with Gasteiger partial charge in [0.15, 0.2) is 0 Å². The molecule has 0 aromatic carbocycles. The number of pyridine rings is 2. The van der Waals surface area contributed by atoms with Gasteiger partial charge in [0.25, 0.3) is 5.91 Å². The number of carbonyl (C=O) groups is 2. The predicted octanol–water partition coefficient (Wildman–Crippen LogP) is 0.653. The highest BCUT2D eigenvalue weighted by Gasteiger charge is 2.22. The van der Waals surface area contributed by atoms with Crippen LogP contribution in [0.15, 0.2) is 48.9 Å². The molecule has 2 N–H and O–H groups in total. The second-order valence-electron chi connectivity index (χ2n) is 5.29. The van der Waals surface area contributed by atoms with Gasteiger partial charge in [0, 0.05) is 44.8 Å². The van der Waals surface area contributed by atoms with Crippen molar-refractivity contribution in [2.45, 2.75) is 0 Å². The normalized spacial score (nSPS) is 14.2. The Bertz CT molecular complexity index is 686. The molecule has 124 valence electrons. The molecular weight excluding hydrogens is 308 g/mol. The van der Waals surface area contributed by atoms with Crippen LogP contribution in [0.5, 0.6) is 0 Å². The first-order valence-corrected chi connectivity index (χ1v) is 7.65. The molecule has 0 aliphatic carbocycles. The Hall–Kier alpha value is -3.16. The van der Waals surface area contributed by atoms with Crippen LogP contribution in [0.3, 0.4) is 0 Å². The third-order valence-corrected chi connectivity index (χ3v) is 3.75. The van der Waals surface area contributed by atoms with Crippen LogP contribution >= 0.6 is 0 Å². The zero-order valence-corrected chi connectivity index (χ0v) is 13.1. The number of anilines is 1. The van der Waals surface area contributed by atoms with Crippen LogP contribution in [0.1, 0.15) is 10.4 Å². The second kappa shape index (κ2) is 7.40. The first-order valence-electron chi connectivity index (χ1n) is 7.65. The van der Waals surface area contributed by atoms with Gasteiger partial charge in [-0.1, -0.05) is 6.07 Å². The van der Waals surface area contributed by atoms with E-state index in [0.29, 0.717) is 31.7 Å². The lowest BCUT2D eigenvalue weighted by atomic mass is 10.3. The van der Waals surface area contributed by atoms with Gasteiger partial charge in [0.05, 0.1) is 5.56 Å². The van der Waals surface area contributed by atoms with Crippen molar-refractivity contribution in [2.24, 2.45) is 0 Å². The molecule has 0 radical (unpaired) electrons. The summed E-state index contributed by atoms with van der Waals surface area (Å²) in [6.45, 7) is 2.51. The Morgan fingerprint density at radius 3 is 2.46 bits per heavy atom. The number of nitrogens with one attached hydrogen (secondary N) is 2. The molecule has 24 heavy (non-hydrogen) atoms. The molecule has 0 bridgehead atoms. The molecule has 2 aromatic heterocycles. The van der Waals surface area contributed by atoms with Gasteiger partial charge in [-0.15, -0.1) is 0 Å². The molecule has 1 aliphatic heterocycles. The largest absolute Gasteiger partial charge is 0.353 e.